The zero-order valence-electron chi connectivity index (χ0n) is 20.3. The van der Waals surface area contributed by atoms with Gasteiger partial charge in [-0.05, 0) is 49.2 Å². The summed E-state index contributed by atoms with van der Waals surface area (Å²) in [7, 11) is 3.54. The van der Waals surface area contributed by atoms with Crippen LogP contribution in [0.5, 0.6) is 0 Å². The molecule has 0 atom stereocenters. The molecule has 0 fully saturated rings. The second-order valence-corrected chi connectivity index (χ2v) is 12.7. The standard InChI is InChI=1S/C26H26Br2N6O2S2/c27-19-7-3-17(4-8-19)21-15-23(33-31-21)25(35)29-11-1-13-37-38-14-2-12-30-26(36)24-16-22(32-34-24)18-5-9-20(28)10-6-18/h3-10,15-16H,1-2,11-14H2,(H,29,35)(H,30,36)(H,31,33)(H,32,34). The van der Waals surface area contributed by atoms with Gasteiger partial charge in [0.2, 0.25) is 0 Å². The zero-order valence-corrected chi connectivity index (χ0v) is 25.1. The summed E-state index contributed by atoms with van der Waals surface area (Å²) in [6, 6.07) is 19.1. The maximum absolute atomic E-state index is 12.3. The summed E-state index contributed by atoms with van der Waals surface area (Å²) in [5.74, 6) is 1.54. The first-order valence-electron chi connectivity index (χ1n) is 11.9. The third kappa shape index (κ3) is 8.48. The summed E-state index contributed by atoms with van der Waals surface area (Å²) in [5.41, 5.74) is 4.27. The van der Waals surface area contributed by atoms with E-state index in [4.69, 9.17) is 0 Å². The zero-order chi connectivity index (χ0) is 26.7. The number of aromatic nitrogens is 4. The number of rotatable bonds is 13. The number of amides is 2. The van der Waals surface area contributed by atoms with Crippen LogP contribution >= 0.6 is 53.4 Å². The highest BCUT2D eigenvalue weighted by Gasteiger charge is 2.12. The summed E-state index contributed by atoms with van der Waals surface area (Å²) in [6.07, 6.45) is 1.74. The van der Waals surface area contributed by atoms with Crippen LogP contribution in [-0.4, -0.2) is 56.8 Å². The smallest absolute Gasteiger partial charge is 0.269 e. The Labute approximate surface area is 245 Å². The van der Waals surface area contributed by atoms with E-state index in [0.717, 1.165) is 55.8 Å². The van der Waals surface area contributed by atoms with E-state index in [9.17, 15) is 9.59 Å². The highest BCUT2D eigenvalue weighted by Crippen LogP contribution is 2.23. The van der Waals surface area contributed by atoms with Gasteiger partial charge in [0.1, 0.15) is 11.4 Å². The Morgan fingerprint density at radius 1 is 0.684 bits per heavy atom. The lowest BCUT2D eigenvalue weighted by Gasteiger charge is -2.05. The molecule has 4 aromatic rings. The largest absolute Gasteiger partial charge is 0.351 e. The van der Waals surface area contributed by atoms with Gasteiger partial charge >= 0.3 is 0 Å². The van der Waals surface area contributed by atoms with Crippen LogP contribution in [0.15, 0.2) is 69.6 Å². The van der Waals surface area contributed by atoms with Gasteiger partial charge in [-0.25, -0.2) is 0 Å². The first-order chi connectivity index (χ1) is 18.5. The molecule has 2 aromatic heterocycles. The highest BCUT2D eigenvalue weighted by molar-refractivity contribution is 9.10. The first kappa shape index (κ1) is 28.5. The number of carbonyl (C=O) groups is 2. The van der Waals surface area contributed by atoms with Crippen molar-refractivity contribution in [3.63, 3.8) is 0 Å². The molecule has 4 N–H and O–H groups in total. The molecule has 0 spiro atoms. The monoisotopic (exact) mass is 676 g/mol. The van der Waals surface area contributed by atoms with Crippen LogP contribution < -0.4 is 10.6 Å². The van der Waals surface area contributed by atoms with Gasteiger partial charge in [0.05, 0.1) is 11.4 Å². The van der Waals surface area contributed by atoms with Gasteiger partial charge in [0, 0.05) is 44.7 Å². The molecule has 0 aliphatic carbocycles. The lowest BCUT2D eigenvalue weighted by molar-refractivity contribution is 0.0940. The third-order valence-electron chi connectivity index (χ3n) is 5.39. The van der Waals surface area contributed by atoms with Crippen molar-refractivity contribution in [1.29, 1.82) is 0 Å². The lowest BCUT2D eigenvalue weighted by Crippen LogP contribution is -2.25. The van der Waals surface area contributed by atoms with Gasteiger partial charge < -0.3 is 10.6 Å². The van der Waals surface area contributed by atoms with E-state index in [1.807, 2.05) is 48.5 Å². The predicted octanol–water partition coefficient (Wildman–Crippen LogP) is 6.31. The molecule has 0 aliphatic rings. The molecule has 2 heterocycles. The van der Waals surface area contributed by atoms with Gasteiger partial charge in [0.15, 0.2) is 0 Å². The van der Waals surface area contributed by atoms with E-state index in [-0.39, 0.29) is 11.8 Å². The minimum Gasteiger partial charge on any atom is -0.351 e. The molecule has 38 heavy (non-hydrogen) atoms. The van der Waals surface area contributed by atoms with Crippen molar-refractivity contribution in [2.24, 2.45) is 0 Å². The Hall–Kier alpha value is -2.54. The Balaban J connectivity index is 1.03. The van der Waals surface area contributed by atoms with Crippen LogP contribution in [-0.2, 0) is 0 Å². The minimum atomic E-state index is -0.157. The number of halogens is 2. The van der Waals surface area contributed by atoms with E-state index in [1.165, 1.54) is 0 Å². The molecule has 0 aliphatic heterocycles. The van der Waals surface area contributed by atoms with Crippen LogP contribution in [0.4, 0.5) is 0 Å². The quantitative estimate of drug-likeness (QED) is 0.0974. The molecule has 0 bridgehead atoms. The van der Waals surface area contributed by atoms with Gasteiger partial charge in [-0.1, -0.05) is 77.7 Å². The molecular formula is C26H26Br2N6O2S2. The van der Waals surface area contributed by atoms with Gasteiger partial charge in [-0.15, -0.1) is 0 Å². The third-order valence-corrected chi connectivity index (χ3v) is 9.02. The molecular weight excluding hydrogens is 652 g/mol. The Kier molecular flexibility index (Phi) is 10.9. The van der Waals surface area contributed by atoms with Crippen LogP contribution in [0.25, 0.3) is 22.5 Å². The number of aromatic amines is 2. The molecule has 8 nitrogen and oxygen atoms in total. The lowest BCUT2D eigenvalue weighted by atomic mass is 10.1. The average molecular weight is 678 g/mol. The fourth-order valence-corrected chi connectivity index (χ4v) is 6.09. The topological polar surface area (TPSA) is 116 Å². The number of carbonyl (C=O) groups excluding carboxylic acids is 2. The van der Waals surface area contributed by atoms with E-state index in [0.29, 0.717) is 24.5 Å². The molecule has 4 rings (SSSR count). The molecule has 0 unspecified atom stereocenters. The molecule has 198 valence electrons. The SMILES string of the molecule is O=C(NCCCSSCCCNC(=O)c1cc(-c2ccc(Br)cc2)n[nH]1)c1cc(-c2ccc(Br)cc2)n[nH]1. The first-order valence-corrected chi connectivity index (χ1v) is 16.0. The summed E-state index contributed by atoms with van der Waals surface area (Å²) in [4.78, 5) is 24.7. The van der Waals surface area contributed by atoms with Crippen molar-refractivity contribution in [1.82, 2.24) is 31.0 Å². The van der Waals surface area contributed by atoms with Crippen LogP contribution in [0.3, 0.4) is 0 Å². The fraction of sp³-hybridized carbons (Fsp3) is 0.231. The van der Waals surface area contributed by atoms with E-state index < -0.39 is 0 Å². The number of H-pyrrole nitrogens is 2. The molecule has 0 saturated heterocycles. The van der Waals surface area contributed by atoms with Crippen molar-refractivity contribution >= 4 is 65.3 Å². The van der Waals surface area contributed by atoms with E-state index in [2.05, 4.69) is 62.9 Å². The number of nitrogens with one attached hydrogen (secondary N) is 4. The number of benzene rings is 2. The number of hydrogen-bond donors (Lipinski definition) is 4. The number of hydrogen-bond acceptors (Lipinski definition) is 6. The summed E-state index contributed by atoms with van der Waals surface area (Å²) >= 11 is 6.83. The van der Waals surface area contributed by atoms with Crippen molar-refractivity contribution in [2.75, 3.05) is 24.6 Å². The Bertz CT molecular complexity index is 1240. The minimum absolute atomic E-state index is 0.157. The normalized spacial score (nSPS) is 10.9. The highest BCUT2D eigenvalue weighted by atomic mass is 79.9. The van der Waals surface area contributed by atoms with Crippen LogP contribution in [0.1, 0.15) is 33.8 Å². The average Bonchev–Trinajstić information content (AvgIpc) is 3.61. The van der Waals surface area contributed by atoms with Gasteiger partial charge in [-0.2, -0.15) is 10.2 Å². The molecule has 0 radical (unpaired) electrons. The maximum atomic E-state index is 12.3. The molecule has 2 amide bonds. The predicted molar refractivity (Wildman–Crippen MR) is 162 cm³/mol. The van der Waals surface area contributed by atoms with Crippen molar-refractivity contribution in [2.45, 2.75) is 12.8 Å². The van der Waals surface area contributed by atoms with Crippen molar-refractivity contribution in [3.8, 4) is 22.5 Å². The molecule has 0 saturated carbocycles. The molecule has 2 aromatic carbocycles. The van der Waals surface area contributed by atoms with Crippen LogP contribution in [0.2, 0.25) is 0 Å². The van der Waals surface area contributed by atoms with Gasteiger partial charge in [-0.3, -0.25) is 19.8 Å². The van der Waals surface area contributed by atoms with E-state index >= 15 is 0 Å². The second kappa shape index (κ2) is 14.6. The second-order valence-electron chi connectivity index (χ2n) is 8.21. The fourth-order valence-electron chi connectivity index (χ4n) is 3.39. The van der Waals surface area contributed by atoms with Crippen molar-refractivity contribution < 1.29 is 9.59 Å². The summed E-state index contributed by atoms with van der Waals surface area (Å²) in [5, 5.41) is 19.9. The Morgan fingerprint density at radius 2 is 1.08 bits per heavy atom. The van der Waals surface area contributed by atoms with Crippen molar-refractivity contribution in [3.05, 3.63) is 81.0 Å². The van der Waals surface area contributed by atoms with E-state index in [1.54, 1.807) is 33.7 Å². The summed E-state index contributed by atoms with van der Waals surface area (Å²) in [6.45, 7) is 1.20. The molecule has 12 heteroatoms. The maximum Gasteiger partial charge on any atom is 0.269 e. The summed E-state index contributed by atoms with van der Waals surface area (Å²) < 4.78 is 1.99. The number of nitrogens with zero attached hydrogens (tertiary/aromatic N) is 2. The van der Waals surface area contributed by atoms with Crippen LogP contribution in [0, 0.1) is 0 Å². The Morgan fingerprint density at radius 3 is 1.47 bits per heavy atom. The van der Waals surface area contributed by atoms with Gasteiger partial charge in [0.25, 0.3) is 11.8 Å².